The molecule has 1 amide bonds. The average Bonchev–Trinajstić information content (AvgIpc) is 2.41. The molecular weight excluding hydrogens is 259 g/mol. The maximum absolute atomic E-state index is 13.6. The standard InChI is InChI=1S/C11H13FN2O2.2C2H6/c1-6-4-8(12)10(7(2)13)9(5-6)14-11(15)16-3;2*1-2/h4-5,13H,1-3H3,(H,14,15);2*1-2H3. The van der Waals surface area contributed by atoms with Crippen LogP contribution >= 0.6 is 0 Å². The molecule has 4 nitrogen and oxygen atoms in total. The highest BCUT2D eigenvalue weighted by Crippen LogP contribution is 2.22. The summed E-state index contributed by atoms with van der Waals surface area (Å²) in [6.45, 7) is 11.2. The molecule has 0 aliphatic carbocycles. The average molecular weight is 284 g/mol. The van der Waals surface area contributed by atoms with Gasteiger partial charge in [-0.1, -0.05) is 27.7 Å². The number of nitrogens with one attached hydrogen (secondary N) is 2. The first-order chi connectivity index (χ1) is 9.45. The second kappa shape index (κ2) is 11.0. The number of amides is 1. The van der Waals surface area contributed by atoms with Gasteiger partial charge in [-0.2, -0.15) is 0 Å². The molecule has 0 aliphatic heterocycles. The highest BCUT2D eigenvalue weighted by molar-refractivity contribution is 6.04. The van der Waals surface area contributed by atoms with Gasteiger partial charge in [-0.3, -0.25) is 5.32 Å². The van der Waals surface area contributed by atoms with Gasteiger partial charge in [0.05, 0.1) is 18.4 Å². The second-order valence-corrected chi connectivity index (χ2v) is 3.41. The molecule has 1 aromatic carbocycles. The molecule has 0 unspecified atom stereocenters. The van der Waals surface area contributed by atoms with Crippen molar-refractivity contribution in [2.24, 2.45) is 0 Å². The summed E-state index contributed by atoms with van der Waals surface area (Å²) in [5.41, 5.74) is 1.03. The molecule has 0 saturated carbocycles. The van der Waals surface area contributed by atoms with Crippen LogP contribution in [-0.2, 0) is 4.74 Å². The molecule has 0 bridgehead atoms. The molecule has 0 spiro atoms. The third kappa shape index (κ3) is 6.31. The maximum Gasteiger partial charge on any atom is 0.411 e. The van der Waals surface area contributed by atoms with Gasteiger partial charge in [0.2, 0.25) is 0 Å². The summed E-state index contributed by atoms with van der Waals surface area (Å²) in [5, 5.41) is 9.84. The fourth-order valence-corrected chi connectivity index (χ4v) is 1.38. The molecule has 0 fully saturated rings. The molecule has 1 aromatic rings. The van der Waals surface area contributed by atoms with Crippen LogP contribution < -0.4 is 5.32 Å². The summed E-state index contributed by atoms with van der Waals surface area (Å²) >= 11 is 0. The minimum absolute atomic E-state index is 0.0453. The van der Waals surface area contributed by atoms with Crippen LogP contribution in [0.15, 0.2) is 12.1 Å². The van der Waals surface area contributed by atoms with Gasteiger partial charge < -0.3 is 10.1 Å². The van der Waals surface area contributed by atoms with E-state index in [1.807, 2.05) is 27.7 Å². The lowest BCUT2D eigenvalue weighted by molar-refractivity contribution is 0.187. The zero-order chi connectivity index (χ0) is 16.3. The molecule has 0 heterocycles. The van der Waals surface area contributed by atoms with Crippen molar-refractivity contribution in [3.63, 3.8) is 0 Å². The summed E-state index contributed by atoms with van der Waals surface area (Å²) < 4.78 is 18.0. The number of hydrogen-bond donors (Lipinski definition) is 2. The van der Waals surface area contributed by atoms with Crippen molar-refractivity contribution in [2.75, 3.05) is 12.4 Å². The van der Waals surface area contributed by atoms with Gasteiger partial charge in [-0.25, -0.2) is 9.18 Å². The van der Waals surface area contributed by atoms with Crippen molar-refractivity contribution in [3.8, 4) is 0 Å². The van der Waals surface area contributed by atoms with E-state index >= 15 is 0 Å². The van der Waals surface area contributed by atoms with Gasteiger partial charge in [0.1, 0.15) is 5.82 Å². The third-order valence-electron chi connectivity index (χ3n) is 2.03. The van der Waals surface area contributed by atoms with Gasteiger partial charge in [0.25, 0.3) is 0 Å². The van der Waals surface area contributed by atoms with Crippen molar-refractivity contribution in [3.05, 3.63) is 29.1 Å². The highest BCUT2D eigenvalue weighted by atomic mass is 19.1. The minimum Gasteiger partial charge on any atom is -0.453 e. The Bertz CT molecular complexity index is 446. The Morgan fingerprint density at radius 3 is 2.15 bits per heavy atom. The molecule has 2 N–H and O–H groups in total. The van der Waals surface area contributed by atoms with Crippen LogP contribution in [0.2, 0.25) is 0 Å². The van der Waals surface area contributed by atoms with Crippen molar-refractivity contribution in [1.29, 1.82) is 5.41 Å². The lowest BCUT2D eigenvalue weighted by Gasteiger charge is -2.11. The molecular formula is C15H25FN2O2. The quantitative estimate of drug-likeness (QED) is 0.769. The topological polar surface area (TPSA) is 62.2 Å². The number of anilines is 1. The third-order valence-corrected chi connectivity index (χ3v) is 2.03. The van der Waals surface area contributed by atoms with Crippen molar-refractivity contribution < 1.29 is 13.9 Å². The predicted molar refractivity (Wildman–Crippen MR) is 82.4 cm³/mol. The Morgan fingerprint density at radius 2 is 1.75 bits per heavy atom. The molecule has 20 heavy (non-hydrogen) atoms. The Balaban J connectivity index is 0. The molecule has 0 aromatic heterocycles. The molecule has 0 aliphatic rings. The number of benzene rings is 1. The fraction of sp³-hybridized carbons (Fsp3) is 0.467. The lowest BCUT2D eigenvalue weighted by Crippen LogP contribution is -2.15. The SMILES string of the molecule is CC.CC.COC(=O)Nc1cc(C)cc(F)c1C(C)=N. The van der Waals surface area contributed by atoms with E-state index in [0.717, 1.165) is 0 Å². The van der Waals surface area contributed by atoms with Crippen LogP contribution in [0.3, 0.4) is 0 Å². The van der Waals surface area contributed by atoms with Crippen molar-refractivity contribution in [2.45, 2.75) is 41.5 Å². The van der Waals surface area contributed by atoms with E-state index in [1.54, 1.807) is 13.0 Å². The van der Waals surface area contributed by atoms with Crippen LogP contribution in [-0.4, -0.2) is 18.9 Å². The van der Waals surface area contributed by atoms with E-state index in [2.05, 4.69) is 10.1 Å². The number of carbonyl (C=O) groups is 1. The van der Waals surface area contributed by atoms with E-state index in [1.165, 1.54) is 20.1 Å². The first-order valence-corrected chi connectivity index (χ1v) is 6.66. The van der Waals surface area contributed by atoms with Crippen LogP contribution in [0.25, 0.3) is 0 Å². The molecule has 0 atom stereocenters. The van der Waals surface area contributed by atoms with E-state index in [0.29, 0.717) is 5.56 Å². The Morgan fingerprint density at radius 1 is 1.25 bits per heavy atom. The van der Waals surface area contributed by atoms with Gasteiger partial charge >= 0.3 is 6.09 Å². The van der Waals surface area contributed by atoms with E-state index in [4.69, 9.17) is 5.41 Å². The summed E-state index contributed by atoms with van der Waals surface area (Å²) in [6.07, 6.45) is -0.687. The first-order valence-electron chi connectivity index (χ1n) is 6.66. The molecule has 5 heteroatoms. The first kappa shape index (κ1) is 20.4. The Labute approximate surface area is 120 Å². The fourth-order valence-electron chi connectivity index (χ4n) is 1.38. The van der Waals surface area contributed by atoms with Gasteiger partial charge in [-0.15, -0.1) is 0 Å². The zero-order valence-electron chi connectivity index (χ0n) is 13.3. The van der Waals surface area contributed by atoms with Gasteiger partial charge in [-0.05, 0) is 31.5 Å². The minimum atomic E-state index is -0.687. The van der Waals surface area contributed by atoms with E-state index < -0.39 is 11.9 Å². The molecule has 0 radical (unpaired) electrons. The smallest absolute Gasteiger partial charge is 0.411 e. The normalized spacial score (nSPS) is 8.40. The number of hydrogen-bond acceptors (Lipinski definition) is 3. The lowest BCUT2D eigenvalue weighted by atomic mass is 10.1. The summed E-state index contributed by atoms with van der Waals surface area (Å²) in [5.74, 6) is -0.529. The van der Waals surface area contributed by atoms with Gasteiger partial charge in [0.15, 0.2) is 0 Å². The van der Waals surface area contributed by atoms with Crippen LogP contribution in [0.1, 0.15) is 45.7 Å². The van der Waals surface area contributed by atoms with Crippen LogP contribution in [0.5, 0.6) is 0 Å². The molecule has 0 saturated heterocycles. The van der Waals surface area contributed by atoms with E-state index in [9.17, 15) is 9.18 Å². The van der Waals surface area contributed by atoms with Crippen LogP contribution in [0.4, 0.5) is 14.9 Å². The monoisotopic (exact) mass is 284 g/mol. The molecule has 1 rings (SSSR count). The Kier molecular flexibility index (Phi) is 11.2. The maximum atomic E-state index is 13.6. The summed E-state index contributed by atoms with van der Waals surface area (Å²) in [4.78, 5) is 11.1. The van der Waals surface area contributed by atoms with Crippen molar-refractivity contribution in [1.82, 2.24) is 0 Å². The second-order valence-electron chi connectivity index (χ2n) is 3.41. The van der Waals surface area contributed by atoms with Crippen molar-refractivity contribution >= 4 is 17.5 Å². The van der Waals surface area contributed by atoms with E-state index in [-0.39, 0.29) is 17.0 Å². The number of ether oxygens (including phenoxy) is 1. The predicted octanol–water partition coefficient (Wildman–Crippen LogP) is 4.75. The number of halogens is 1. The summed E-state index contributed by atoms with van der Waals surface area (Å²) in [7, 11) is 1.22. The summed E-state index contributed by atoms with van der Waals surface area (Å²) in [6, 6.07) is 2.91. The Hall–Kier alpha value is -1.91. The van der Waals surface area contributed by atoms with Crippen LogP contribution in [0, 0.1) is 18.2 Å². The number of rotatable bonds is 2. The van der Waals surface area contributed by atoms with Gasteiger partial charge in [0, 0.05) is 5.71 Å². The largest absolute Gasteiger partial charge is 0.453 e. The number of carbonyl (C=O) groups excluding carboxylic acids is 1. The highest BCUT2D eigenvalue weighted by Gasteiger charge is 2.14. The number of methoxy groups -OCH3 is 1. The zero-order valence-corrected chi connectivity index (χ0v) is 13.3. The number of aryl methyl sites for hydroxylation is 1. The molecule has 114 valence electrons.